The van der Waals surface area contributed by atoms with E-state index in [0.29, 0.717) is 0 Å². The molecule has 0 bridgehead atoms. The van der Waals surface area contributed by atoms with Gasteiger partial charge in [0.2, 0.25) is 0 Å². The van der Waals surface area contributed by atoms with E-state index in [4.69, 9.17) is 11.6 Å². The fourth-order valence-electron chi connectivity index (χ4n) is 2.15. The minimum atomic E-state index is 0.774. The van der Waals surface area contributed by atoms with Gasteiger partial charge < -0.3 is 10.2 Å². The molecule has 0 aliphatic carbocycles. The Labute approximate surface area is 126 Å². The van der Waals surface area contributed by atoms with Crippen LogP contribution < -0.4 is 10.2 Å². The number of benzene rings is 2. The fraction of sp³-hybridized carbons (Fsp3) is 0.294. The molecule has 3 heteroatoms. The van der Waals surface area contributed by atoms with E-state index in [1.54, 1.807) is 0 Å². The van der Waals surface area contributed by atoms with E-state index in [-0.39, 0.29) is 0 Å². The number of aryl methyl sites for hydroxylation is 2. The molecule has 0 fully saturated rings. The molecular weight excluding hydrogens is 268 g/mol. The lowest BCUT2D eigenvalue weighted by Crippen LogP contribution is -2.11. The fourth-order valence-corrected chi connectivity index (χ4v) is 2.35. The van der Waals surface area contributed by atoms with Crippen LogP contribution in [-0.2, 0) is 6.54 Å². The summed E-state index contributed by atoms with van der Waals surface area (Å²) in [6, 6.07) is 12.6. The third kappa shape index (κ3) is 3.45. The molecule has 20 heavy (non-hydrogen) atoms. The van der Waals surface area contributed by atoms with Crippen molar-refractivity contribution < 1.29 is 0 Å². The second kappa shape index (κ2) is 6.19. The molecule has 106 valence electrons. The Bertz CT molecular complexity index is 606. The van der Waals surface area contributed by atoms with Gasteiger partial charge in [0.25, 0.3) is 0 Å². The van der Waals surface area contributed by atoms with Crippen molar-refractivity contribution in [2.45, 2.75) is 20.4 Å². The molecule has 0 saturated heterocycles. The van der Waals surface area contributed by atoms with E-state index in [1.807, 2.05) is 13.0 Å². The predicted molar refractivity (Wildman–Crippen MR) is 89.0 cm³/mol. The average molecular weight is 289 g/mol. The number of nitrogens with zero attached hydrogens (tertiary/aromatic N) is 1. The van der Waals surface area contributed by atoms with E-state index >= 15 is 0 Å². The quantitative estimate of drug-likeness (QED) is 0.882. The molecule has 2 rings (SSSR count). The standard InChI is InChI=1S/C17H21ClN2/c1-12-5-7-14(9-16(12)18)11-19-15-8-6-13(2)17(10-15)20(3)4/h5-10,19H,11H2,1-4H3. The van der Waals surface area contributed by atoms with E-state index in [9.17, 15) is 0 Å². The van der Waals surface area contributed by atoms with Crippen molar-refractivity contribution >= 4 is 23.0 Å². The Morgan fingerprint density at radius 1 is 1.00 bits per heavy atom. The Kier molecular flexibility index (Phi) is 4.56. The Hall–Kier alpha value is -1.67. The largest absolute Gasteiger partial charge is 0.381 e. The summed E-state index contributed by atoms with van der Waals surface area (Å²) in [5.74, 6) is 0. The van der Waals surface area contributed by atoms with Crippen LogP contribution in [0.2, 0.25) is 5.02 Å². The summed E-state index contributed by atoms with van der Waals surface area (Å²) in [7, 11) is 4.12. The Morgan fingerprint density at radius 3 is 2.35 bits per heavy atom. The third-order valence-electron chi connectivity index (χ3n) is 3.42. The molecule has 2 nitrogen and oxygen atoms in total. The lowest BCUT2D eigenvalue weighted by atomic mass is 10.1. The second-order valence-electron chi connectivity index (χ2n) is 5.33. The molecule has 1 N–H and O–H groups in total. The Balaban J connectivity index is 2.10. The van der Waals surface area contributed by atoms with Crippen molar-refractivity contribution in [3.8, 4) is 0 Å². The zero-order chi connectivity index (χ0) is 14.7. The van der Waals surface area contributed by atoms with Crippen LogP contribution in [0.25, 0.3) is 0 Å². The van der Waals surface area contributed by atoms with Crippen LogP contribution in [0.3, 0.4) is 0 Å². The van der Waals surface area contributed by atoms with Gasteiger partial charge in [0.05, 0.1) is 0 Å². The molecule has 0 aliphatic rings. The summed E-state index contributed by atoms with van der Waals surface area (Å²) in [5, 5.41) is 4.27. The van der Waals surface area contributed by atoms with E-state index in [2.05, 4.69) is 61.6 Å². The molecule has 0 atom stereocenters. The SMILES string of the molecule is Cc1ccc(CNc2ccc(C)c(N(C)C)c2)cc1Cl. The van der Waals surface area contributed by atoms with Crippen molar-refractivity contribution in [1.29, 1.82) is 0 Å². The van der Waals surface area contributed by atoms with Crippen LogP contribution in [0, 0.1) is 13.8 Å². The van der Waals surface area contributed by atoms with Gasteiger partial charge in [-0.1, -0.05) is 29.8 Å². The minimum Gasteiger partial charge on any atom is -0.381 e. The normalized spacial score (nSPS) is 10.4. The molecule has 0 unspecified atom stereocenters. The first-order valence-electron chi connectivity index (χ1n) is 6.74. The van der Waals surface area contributed by atoms with Gasteiger partial charge in [-0.15, -0.1) is 0 Å². The molecule has 0 saturated carbocycles. The first-order chi connectivity index (χ1) is 9.47. The van der Waals surface area contributed by atoms with Crippen molar-refractivity contribution in [2.75, 3.05) is 24.3 Å². The summed E-state index contributed by atoms with van der Waals surface area (Å²) in [5.41, 5.74) is 5.93. The lowest BCUT2D eigenvalue weighted by Gasteiger charge is -2.17. The molecule has 0 spiro atoms. The number of halogens is 1. The summed E-state index contributed by atoms with van der Waals surface area (Å²) in [6.07, 6.45) is 0. The number of hydrogen-bond acceptors (Lipinski definition) is 2. The molecule has 0 radical (unpaired) electrons. The molecule has 0 amide bonds. The topological polar surface area (TPSA) is 15.3 Å². The molecule has 0 heterocycles. The van der Waals surface area contributed by atoms with Gasteiger partial charge in [0.15, 0.2) is 0 Å². The summed E-state index contributed by atoms with van der Waals surface area (Å²) < 4.78 is 0. The third-order valence-corrected chi connectivity index (χ3v) is 3.83. The first kappa shape index (κ1) is 14.7. The smallest absolute Gasteiger partial charge is 0.0438 e. The molecule has 0 aromatic heterocycles. The van der Waals surface area contributed by atoms with Crippen molar-refractivity contribution in [3.63, 3.8) is 0 Å². The second-order valence-corrected chi connectivity index (χ2v) is 5.74. The highest BCUT2D eigenvalue weighted by Gasteiger charge is 2.03. The minimum absolute atomic E-state index is 0.774. The monoisotopic (exact) mass is 288 g/mol. The number of nitrogens with one attached hydrogen (secondary N) is 1. The maximum absolute atomic E-state index is 6.15. The molecule has 0 aliphatic heterocycles. The lowest BCUT2D eigenvalue weighted by molar-refractivity contribution is 1.10. The highest BCUT2D eigenvalue weighted by molar-refractivity contribution is 6.31. The van der Waals surface area contributed by atoms with E-state index in [1.165, 1.54) is 16.8 Å². The van der Waals surface area contributed by atoms with E-state index < -0.39 is 0 Å². The number of hydrogen-bond donors (Lipinski definition) is 1. The van der Waals surface area contributed by atoms with Gasteiger partial charge in [-0.05, 0) is 48.7 Å². The van der Waals surface area contributed by atoms with Gasteiger partial charge in [0, 0.05) is 37.0 Å². The molecule has 2 aromatic rings. The Morgan fingerprint density at radius 2 is 1.70 bits per heavy atom. The summed E-state index contributed by atoms with van der Waals surface area (Å²) in [4.78, 5) is 2.13. The van der Waals surface area contributed by atoms with Gasteiger partial charge in [-0.2, -0.15) is 0 Å². The molecule has 2 aromatic carbocycles. The number of anilines is 2. The van der Waals surface area contributed by atoms with Crippen LogP contribution in [0.1, 0.15) is 16.7 Å². The average Bonchev–Trinajstić information content (AvgIpc) is 2.41. The zero-order valence-corrected chi connectivity index (χ0v) is 13.3. The van der Waals surface area contributed by atoms with E-state index in [0.717, 1.165) is 22.8 Å². The maximum atomic E-state index is 6.15. The van der Waals surface area contributed by atoms with Crippen molar-refractivity contribution in [3.05, 3.63) is 58.1 Å². The summed E-state index contributed by atoms with van der Waals surface area (Å²) >= 11 is 6.15. The van der Waals surface area contributed by atoms with Crippen LogP contribution in [-0.4, -0.2) is 14.1 Å². The highest BCUT2D eigenvalue weighted by Crippen LogP contribution is 2.23. The predicted octanol–water partition coefficient (Wildman–Crippen LogP) is 4.63. The van der Waals surface area contributed by atoms with Crippen LogP contribution in [0.15, 0.2) is 36.4 Å². The summed E-state index contributed by atoms with van der Waals surface area (Å²) in [6.45, 7) is 4.91. The van der Waals surface area contributed by atoms with Crippen molar-refractivity contribution in [2.24, 2.45) is 0 Å². The van der Waals surface area contributed by atoms with Crippen LogP contribution in [0.4, 0.5) is 11.4 Å². The zero-order valence-electron chi connectivity index (χ0n) is 12.5. The van der Waals surface area contributed by atoms with Crippen LogP contribution in [0.5, 0.6) is 0 Å². The van der Waals surface area contributed by atoms with Gasteiger partial charge in [-0.25, -0.2) is 0 Å². The van der Waals surface area contributed by atoms with Crippen molar-refractivity contribution in [1.82, 2.24) is 0 Å². The highest BCUT2D eigenvalue weighted by atomic mass is 35.5. The van der Waals surface area contributed by atoms with Gasteiger partial charge >= 0.3 is 0 Å². The molecular formula is C17H21ClN2. The van der Waals surface area contributed by atoms with Gasteiger partial charge in [-0.3, -0.25) is 0 Å². The maximum Gasteiger partial charge on any atom is 0.0438 e. The number of rotatable bonds is 4. The first-order valence-corrected chi connectivity index (χ1v) is 7.12. The van der Waals surface area contributed by atoms with Crippen LogP contribution >= 0.6 is 11.6 Å². The van der Waals surface area contributed by atoms with Gasteiger partial charge in [0.1, 0.15) is 0 Å².